The molecule has 4 rings (SSSR count). The van der Waals surface area contributed by atoms with E-state index >= 15 is 0 Å². The second-order valence-corrected chi connectivity index (χ2v) is 6.84. The van der Waals surface area contributed by atoms with Crippen LogP contribution in [0.25, 0.3) is 11.2 Å². The Labute approximate surface area is 147 Å². The molecule has 24 heavy (non-hydrogen) atoms. The minimum Gasteiger partial charge on any atom is -0.313 e. The average molecular weight is 341 g/mol. The summed E-state index contributed by atoms with van der Waals surface area (Å²) < 4.78 is 2.27. The van der Waals surface area contributed by atoms with E-state index < -0.39 is 0 Å². The van der Waals surface area contributed by atoms with Gasteiger partial charge in [0.1, 0.15) is 11.3 Å². The molecule has 0 bridgehead atoms. The highest BCUT2D eigenvalue weighted by Crippen LogP contribution is 2.29. The van der Waals surface area contributed by atoms with E-state index in [9.17, 15) is 0 Å². The minimum atomic E-state index is 0.478. The second-order valence-electron chi connectivity index (χ2n) is 6.41. The van der Waals surface area contributed by atoms with Gasteiger partial charge in [-0.2, -0.15) is 0 Å². The number of rotatable bonds is 4. The van der Waals surface area contributed by atoms with Crippen LogP contribution < -0.4 is 0 Å². The Morgan fingerprint density at radius 2 is 2.04 bits per heavy atom. The van der Waals surface area contributed by atoms with Gasteiger partial charge in [0.05, 0.1) is 0 Å². The average Bonchev–Trinajstić information content (AvgIpc) is 3.20. The van der Waals surface area contributed by atoms with Crippen molar-refractivity contribution in [1.29, 1.82) is 0 Å². The third kappa shape index (κ3) is 2.92. The number of hydrogen-bond donors (Lipinski definition) is 0. The summed E-state index contributed by atoms with van der Waals surface area (Å²) in [6, 6.07) is 12.2. The third-order valence-electron chi connectivity index (χ3n) is 4.81. The molecule has 0 spiro atoms. The Morgan fingerprint density at radius 1 is 1.21 bits per heavy atom. The first-order chi connectivity index (χ1) is 11.7. The first-order valence-electron chi connectivity index (χ1n) is 8.52. The number of imidazole rings is 1. The highest BCUT2D eigenvalue weighted by molar-refractivity contribution is 6.30. The first-order valence-corrected chi connectivity index (χ1v) is 8.90. The maximum atomic E-state index is 5.97. The highest BCUT2D eigenvalue weighted by atomic mass is 35.5. The van der Waals surface area contributed by atoms with Crippen molar-refractivity contribution in [3.05, 3.63) is 59.0 Å². The van der Waals surface area contributed by atoms with Crippen molar-refractivity contribution < 1.29 is 0 Å². The molecule has 1 aromatic carbocycles. The van der Waals surface area contributed by atoms with Crippen LogP contribution in [0, 0.1) is 0 Å². The predicted molar refractivity (Wildman–Crippen MR) is 97.3 cm³/mol. The van der Waals surface area contributed by atoms with Crippen molar-refractivity contribution in [3.63, 3.8) is 0 Å². The monoisotopic (exact) mass is 340 g/mol. The number of aryl methyl sites for hydroxylation is 1. The van der Waals surface area contributed by atoms with Gasteiger partial charge in [-0.05, 0) is 49.7 Å². The largest absolute Gasteiger partial charge is 0.313 e. The lowest BCUT2D eigenvalue weighted by Gasteiger charge is -2.16. The number of benzene rings is 1. The predicted octanol–water partition coefficient (Wildman–Crippen LogP) is 4.09. The molecule has 3 aromatic rings. The lowest BCUT2D eigenvalue weighted by atomic mass is 10.1. The molecule has 1 saturated heterocycles. The normalized spacial score (nSPS) is 18.5. The Bertz CT molecular complexity index is 840. The van der Waals surface area contributed by atoms with Crippen LogP contribution in [0.15, 0.2) is 42.6 Å². The first kappa shape index (κ1) is 15.6. The molecular weight excluding hydrogens is 320 g/mol. The van der Waals surface area contributed by atoms with Crippen molar-refractivity contribution in [2.45, 2.75) is 32.4 Å². The maximum absolute atomic E-state index is 5.97. The summed E-state index contributed by atoms with van der Waals surface area (Å²) in [5.41, 5.74) is 3.32. The lowest BCUT2D eigenvalue weighted by Crippen LogP contribution is -2.20. The van der Waals surface area contributed by atoms with Crippen LogP contribution in [-0.4, -0.2) is 32.5 Å². The zero-order valence-corrected chi connectivity index (χ0v) is 14.6. The Balaban J connectivity index is 1.53. The molecule has 0 saturated carbocycles. The van der Waals surface area contributed by atoms with E-state index in [1.54, 1.807) is 0 Å². The van der Waals surface area contributed by atoms with Gasteiger partial charge in [-0.1, -0.05) is 23.7 Å². The van der Waals surface area contributed by atoms with Gasteiger partial charge in [-0.15, -0.1) is 0 Å². The van der Waals surface area contributed by atoms with Gasteiger partial charge in [-0.3, -0.25) is 4.90 Å². The standard InChI is InChI=1S/C19H21ClN4/c1-2-24-18(22-17-4-3-10-21-19(17)24)15-9-11-23(13-15)12-14-5-7-16(20)8-6-14/h3-8,10,15H,2,9,11-13H2,1H3/t15-/m1/s1. The number of pyridine rings is 1. The fourth-order valence-electron chi connectivity index (χ4n) is 3.63. The van der Waals surface area contributed by atoms with Crippen molar-refractivity contribution in [3.8, 4) is 0 Å². The molecule has 1 fully saturated rings. The number of fused-ring (bicyclic) bond motifs is 1. The van der Waals surface area contributed by atoms with Gasteiger partial charge in [0.2, 0.25) is 0 Å². The van der Waals surface area contributed by atoms with E-state index in [1.165, 1.54) is 11.4 Å². The van der Waals surface area contributed by atoms with Crippen LogP contribution in [0.2, 0.25) is 5.02 Å². The molecular formula is C19H21ClN4. The molecule has 3 heterocycles. The number of aromatic nitrogens is 3. The van der Waals surface area contributed by atoms with Crippen molar-refractivity contribution in [2.24, 2.45) is 0 Å². The van der Waals surface area contributed by atoms with Gasteiger partial charge in [-0.25, -0.2) is 9.97 Å². The van der Waals surface area contributed by atoms with Gasteiger partial charge in [0.25, 0.3) is 0 Å². The Kier molecular flexibility index (Phi) is 4.25. The van der Waals surface area contributed by atoms with E-state index in [-0.39, 0.29) is 0 Å². The van der Waals surface area contributed by atoms with Crippen LogP contribution in [0.4, 0.5) is 0 Å². The Hall–Kier alpha value is -1.91. The van der Waals surface area contributed by atoms with Crippen LogP contribution in [-0.2, 0) is 13.1 Å². The molecule has 2 aromatic heterocycles. The van der Waals surface area contributed by atoms with Gasteiger partial charge < -0.3 is 4.57 Å². The van der Waals surface area contributed by atoms with Gasteiger partial charge in [0.15, 0.2) is 5.65 Å². The van der Waals surface area contributed by atoms with E-state index in [0.29, 0.717) is 5.92 Å². The van der Waals surface area contributed by atoms with Crippen molar-refractivity contribution in [2.75, 3.05) is 13.1 Å². The zero-order chi connectivity index (χ0) is 16.5. The molecule has 0 radical (unpaired) electrons. The molecule has 0 aliphatic carbocycles. The highest BCUT2D eigenvalue weighted by Gasteiger charge is 2.28. The molecule has 0 amide bonds. The SMILES string of the molecule is CCn1c([C@@H]2CCN(Cc3ccc(Cl)cc3)C2)nc2cccnc21. The van der Waals surface area contributed by atoms with Crippen LogP contribution in [0.1, 0.15) is 30.7 Å². The van der Waals surface area contributed by atoms with Gasteiger partial charge >= 0.3 is 0 Å². The molecule has 0 unspecified atom stereocenters. The number of hydrogen-bond acceptors (Lipinski definition) is 3. The maximum Gasteiger partial charge on any atom is 0.159 e. The number of halogens is 1. The molecule has 5 heteroatoms. The summed E-state index contributed by atoms with van der Waals surface area (Å²) >= 11 is 5.97. The topological polar surface area (TPSA) is 34.0 Å². The smallest absolute Gasteiger partial charge is 0.159 e. The molecule has 1 atom stereocenters. The summed E-state index contributed by atoms with van der Waals surface area (Å²) in [6.45, 7) is 6.20. The van der Waals surface area contributed by atoms with E-state index in [0.717, 1.165) is 48.8 Å². The third-order valence-corrected chi connectivity index (χ3v) is 5.06. The summed E-state index contributed by atoms with van der Waals surface area (Å²) in [5, 5.41) is 0.794. The van der Waals surface area contributed by atoms with E-state index in [1.807, 2.05) is 24.4 Å². The fourth-order valence-corrected chi connectivity index (χ4v) is 3.76. The molecule has 4 nitrogen and oxygen atoms in total. The minimum absolute atomic E-state index is 0.478. The number of likely N-dealkylation sites (tertiary alicyclic amines) is 1. The zero-order valence-electron chi connectivity index (χ0n) is 13.8. The van der Waals surface area contributed by atoms with Crippen LogP contribution in [0.3, 0.4) is 0 Å². The molecule has 0 N–H and O–H groups in total. The van der Waals surface area contributed by atoms with Crippen molar-refractivity contribution in [1.82, 2.24) is 19.4 Å². The molecule has 124 valence electrons. The number of nitrogens with zero attached hydrogens (tertiary/aromatic N) is 4. The second kappa shape index (κ2) is 6.54. The summed E-state index contributed by atoms with van der Waals surface area (Å²) in [5.74, 6) is 1.66. The van der Waals surface area contributed by atoms with Crippen LogP contribution in [0.5, 0.6) is 0 Å². The summed E-state index contributed by atoms with van der Waals surface area (Å²) in [4.78, 5) is 11.9. The fraction of sp³-hybridized carbons (Fsp3) is 0.368. The molecule has 1 aliphatic rings. The lowest BCUT2D eigenvalue weighted by molar-refractivity contribution is 0.325. The van der Waals surface area contributed by atoms with Crippen LogP contribution >= 0.6 is 11.6 Å². The summed E-state index contributed by atoms with van der Waals surface area (Å²) in [7, 11) is 0. The van der Waals surface area contributed by atoms with Crippen molar-refractivity contribution >= 4 is 22.8 Å². The van der Waals surface area contributed by atoms with E-state index in [2.05, 4.69) is 39.6 Å². The van der Waals surface area contributed by atoms with E-state index in [4.69, 9.17) is 16.6 Å². The molecule has 1 aliphatic heterocycles. The Morgan fingerprint density at radius 3 is 2.83 bits per heavy atom. The quantitative estimate of drug-likeness (QED) is 0.717. The van der Waals surface area contributed by atoms with Gasteiger partial charge in [0, 0.05) is 36.8 Å². The summed E-state index contributed by atoms with van der Waals surface area (Å²) in [6.07, 6.45) is 3.00.